The van der Waals surface area contributed by atoms with E-state index in [1.807, 2.05) is 0 Å². The molecule has 6 heteroatoms. The Bertz CT molecular complexity index is 682. The van der Waals surface area contributed by atoms with Gasteiger partial charge in [-0.1, -0.05) is 37.0 Å². The Hall–Kier alpha value is -1.10. The van der Waals surface area contributed by atoms with Gasteiger partial charge < -0.3 is 4.42 Å². The van der Waals surface area contributed by atoms with Crippen molar-refractivity contribution >= 4 is 23.2 Å². The highest BCUT2D eigenvalue weighted by molar-refractivity contribution is 6.36. The van der Waals surface area contributed by atoms with E-state index in [4.69, 9.17) is 27.6 Å². The van der Waals surface area contributed by atoms with Gasteiger partial charge in [0.1, 0.15) is 0 Å². The second kappa shape index (κ2) is 6.80. The summed E-state index contributed by atoms with van der Waals surface area (Å²) in [5.74, 6) is 1.66. The van der Waals surface area contributed by atoms with Crippen LogP contribution in [0.5, 0.6) is 0 Å². The van der Waals surface area contributed by atoms with Crippen LogP contribution in [-0.4, -0.2) is 27.2 Å². The Labute approximate surface area is 146 Å². The van der Waals surface area contributed by atoms with Gasteiger partial charge in [0.15, 0.2) is 0 Å². The van der Waals surface area contributed by atoms with E-state index in [1.54, 1.807) is 18.2 Å². The fourth-order valence-corrected chi connectivity index (χ4v) is 3.13. The van der Waals surface area contributed by atoms with Crippen LogP contribution in [0.4, 0.5) is 0 Å². The molecule has 2 aromatic rings. The lowest BCUT2D eigenvalue weighted by molar-refractivity contribution is 0.137. The molecule has 4 nitrogen and oxygen atoms in total. The molecule has 1 aliphatic carbocycles. The van der Waals surface area contributed by atoms with Crippen molar-refractivity contribution in [1.29, 1.82) is 0 Å². The van der Waals surface area contributed by atoms with Crippen LogP contribution in [0.1, 0.15) is 39.5 Å². The Kier molecular flexibility index (Phi) is 4.95. The van der Waals surface area contributed by atoms with E-state index >= 15 is 0 Å². The summed E-state index contributed by atoms with van der Waals surface area (Å²) in [5.41, 5.74) is 0.713. The second-order valence-corrected chi connectivity index (χ2v) is 7.36. The van der Waals surface area contributed by atoms with Gasteiger partial charge in [0.2, 0.25) is 11.8 Å². The van der Waals surface area contributed by atoms with Crippen molar-refractivity contribution in [3.8, 4) is 11.5 Å². The lowest BCUT2D eigenvalue weighted by Gasteiger charge is -2.30. The Morgan fingerprint density at radius 3 is 2.57 bits per heavy atom. The molecule has 0 radical (unpaired) electrons. The maximum absolute atomic E-state index is 6.21. The van der Waals surface area contributed by atoms with E-state index in [1.165, 1.54) is 12.8 Å². The van der Waals surface area contributed by atoms with Gasteiger partial charge in [-0.15, -0.1) is 10.2 Å². The van der Waals surface area contributed by atoms with Gasteiger partial charge in [-0.2, -0.15) is 0 Å². The molecule has 0 bridgehead atoms. The molecule has 0 unspecified atom stereocenters. The molecule has 1 atom stereocenters. The molecule has 0 N–H and O–H groups in total. The zero-order chi connectivity index (χ0) is 16.6. The topological polar surface area (TPSA) is 42.2 Å². The number of hydrogen-bond donors (Lipinski definition) is 0. The molecule has 1 heterocycles. The third kappa shape index (κ3) is 3.87. The van der Waals surface area contributed by atoms with Gasteiger partial charge in [0, 0.05) is 17.1 Å². The molecule has 124 valence electrons. The quantitative estimate of drug-likeness (QED) is 0.728. The van der Waals surface area contributed by atoms with Crippen LogP contribution in [-0.2, 0) is 6.54 Å². The molecule has 1 saturated carbocycles. The van der Waals surface area contributed by atoms with Gasteiger partial charge in [0.05, 0.1) is 17.1 Å². The number of rotatable bonds is 6. The third-order valence-electron chi connectivity index (χ3n) is 4.45. The summed E-state index contributed by atoms with van der Waals surface area (Å²) in [7, 11) is 0. The van der Waals surface area contributed by atoms with Crippen molar-refractivity contribution in [1.82, 2.24) is 15.1 Å². The third-order valence-corrected chi connectivity index (χ3v) is 5.00. The van der Waals surface area contributed by atoms with Crippen LogP contribution < -0.4 is 0 Å². The molecular weight excluding hydrogens is 333 g/mol. The van der Waals surface area contributed by atoms with E-state index in [0.717, 1.165) is 0 Å². The van der Waals surface area contributed by atoms with Crippen LogP contribution >= 0.6 is 23.2 Å². The van der Waals surface area contributed by atoms with Crippen molar-refractivity contribution < 1.29 is 4.42 Å². The summed E-state index contributed by atoms with van der Waals surface area (Å²) in [4.78, 5) is 2.46. The first-order valence-electron chi connectivity index (χ1n) is 7.99. The maximum atomic E-state index is 6.21. The lowest BCUT2D eigenvalue weighted by Crippen LogP contribution is -2.38. The van der Waals surface area contributed by atoms with E-state index in [0.29, 0.717) is 51.9 Å². The summed E-state index contributed by atoms with van der Waals surface area (Å²) in [6, 6.07) is 6.37. The molecule has 3 rings (SSSR count). The highest BCUT2D eigenvalue weighted by atomic mass is 35.5. The predicted molar refractivity (Wildman–Crippen MR) is 92.6 cm³/mol. The molecule has 0 spiro atoms. The summed E-state index contributed by atoms with van der Waals surface area (Å²) in [6.07, 6.45) is 2.50. The standard InChI is InChI=1S/C17H21Cl2N3O/c1-10(2)11(3)22(13-5-6-13)9-16-20-21-17(23-16)14-7-4-12(18)8-15(14)19/h4,7-8,10-11,13H,5-6,9H2,1-3H3/t11-/m0/s1. The normalized spacial score (nSPS) is 16.3. The van der Waals surface area contributed by atoms with Gasteiger partial charge in [-0.25, -0.2) is 0 Å². The second-order valence-electron chi connectivity index (χ2n) is 6.51. The average molecular weight is 354 g/mol. The van der Waals surface area contributed by atoms with E-state index < -0.39 is 0 Å². The van der Waals surface area contributed by atoms with Crippen molar-refractivity contribution in [3.63, 3.8) is 0 Å². The highest BCUT2D eigenvalue weighted by Crippen LogP contribution is 2.33. The van der Waals surface area contributed by atoms with Crippen LogP contribution in [0.3, 0.4) is 0 Å². The lowest BCUT2D eigenvalue weighted by atomic mass is 10.0. The van der Waals surface area contributed by atoms with Crippen LogP contribution in [0, 0.1) is 5.92 Å². The molecule has 1 aromatic carbocycles. The van der Waals surface area contributed by atoms with Crippen molar-refractivity contribution in [2.45, 2.75) is 52.2 Å². The first-order valence-corrected chi connectivity index (χ1v) is 8.75. The zero-order valence-corrected chi connectivity index (χ0v) is 15.1. The van der Waals surface area contributed by atoms with Gasteiger partial charge in [-0.3, -0.25) is 4.90 Å². The maximum Gasteiger partial charge on any atom is 0.249 e. The number of nitrogens with zero attached hydrogens (tertiary/aromatic N) is 3. The van der Waals surface area contributed by atoms with Crippen LogP contribution in [0.15, 0.2) is 22.6 Å². The summed E-state index contributed by atoms with van der Waals surface area (Å²) < 4.78 is 5.84. The van der Waals surface area contributed by atoms with E-state index in [9.17, 15) is 0 Å². The smallest absolute Gasteiger partial charge is 0.249 e. The Balaban J connectivity index is 1.78. The average Bonchev–Trinajstić information content (AvgIpc) is 3.23. The predicted octanol–water partition coefficient (Wildman–Crippen LogP) is 5.05. The van der Waals surface area contributed by atoms with E-state index in [2.05, 4.69) is 35.9 Å². The first kappa shape index (κ1) is 16.7. The fourth-order valence-electron chi connectivity index (χ4n) is 2.64. The molecule has 0 amide bonds. The van der Waals surface area contributed by atoms with Gasteiger partial charge in [0.25, 0.3) is 0 Å². The number of aromatic nitrogens is 2. The summed E-state index contributed by atoms with van der Waals surface area (Å²) in [5, 5.41) is 9.44. The molecule has 0 aliphatic heterocycles. The number of halogens is 2. The van der Waals surface area contributed by atoms with Gasteiger partial charge in [-0.05, 0) is 43.9 Å². The summed E-state index contributed by atoms with van der Waals surface area (Å²) >= 11 is 12.1. The Morgan fingerprint density at radius 1 is 1.22 bits per heavy atom. The van der Waals surface area contributed by atoms with Crippen molar-refractivity contribution in [2.75, 3.05) is 0 Å². The molecule has 0 saturated heterocycles. The van der Waals surface area contributed by atoms with E-state index in [-0.39, 0.29) is 0 Å². The minimum Gasteiger partial charge on any atom is -0.419 e. The molecular formula is C17H21Cl2N3O. The molecule has 1 aliphatic rings. The molecule has 23 heavy (non-hydrogen) atoms. The minimum atomic E-state index is 0.439. The highest BCUT2D eigenvalue weighted by Gasteiger charge is 2.34. The van der Waals surface area contributed by atoms with Crippen molar-refractivity contribution in [3.05, 3.63) is 34.1 Å². The van der Waals surface area contributed by atoms with Crippen molar-refractivity contribution in [2.24, 2.45) is 5.92 Å². The van der Waals surface area contributed by atoms with Gasteiger partial charge >= 0.3 is 0 Å². The zero-order valence-electron chi connectivity index (χ0n) is 13.6. The van der Waals surface area contributed by atoms with Crippen LogP contribution in [0.25, 0.3) is 11.5 Å². The Morgan fingerprint density at radius 2 is 1.96 bits per heavy atom. The SMILES string of the molecule is CC(C)[C@H](C)N(Cc1nnc(-c2ccc(Cl)cc2Cl)o1)C1CC1. The number of benzene rings is 1. The molecule has 1 fully saturated rings. The minimum absolute atomic E-state index is 0.439. The van der Waals surface area contributed by atoms with Crippen LogP contribution in [0.2, 0.25) is 10.0 Å². The summed E-state index contributed by atoms with van der Waals surface area (Å²) in [6.45, 7) is 7.43. The monoisotopic (exact) mass is 353 g/mol. The molecule has 1 aromatic heterocycles. The fraction of sp³-hybridized carbons (Fsp3) is 0.529. The largest absolute Gasteiger partial charge is 0.419 e. The first-order chi connectivity index (χ1) is 11.0. The number of hydrogen-bond acceptors (Lipinski definition) is 4.